The molecule has 0 saturated heterocycles. The average molecular weight is 202 g/mol. The SMILES string of the molecule is CC(CCNC(=O)CN(C)C)C(=O)O. The zero-order valence-electron chi connectivity index (χ0n) is 8.91. The molecule has 0 aliphatic rings. The summed E-state index contributed by atoms with van der Waals surface area (Å²) in [4.78, 5) is 23.3. The van der Waals surface area contributed by atoms with Crippen LogP contribution in [0.25, 0.3) is 0 Å². The first-order valence-electron chi connectivity index (χ1n) is 4.57. The summed E-state index contributed by atoms with van der Waals surface area (Å²) in [5.41, 5.74) is 0. The molecule has 1 amide bonds. The molecule has 0 rings (SSSR count). The maximum absolute atomic E-state index is 11.1. The number of carboxylic acid groups (broad SMARTS) is 1. The van der Waals surface area contributed by atoms with Crippen LogP contribution in [0.3, 0.4) is 0 Å². The maximum atomic E-state index is 11.1. The summed E-state index contributed by atoms with van der Waals surface area (Å²) in [5, 5.41) is 11.2. The maximum Gasteiger partial charge on any atom is 0.306 e. The van der Waals surface area contributed by atoms with Crippen LogP contribution in [0.15, 0.2) is 0 Å². The molecule has 0 fully saturated rings. The number of nitrogens with one attached hydrogen (secondary N) is 1. The molecule has 1 atom stereocenters. The second-order valence-electron chi connectivity index (χ2n) is 3.62. The van der Waals surface area contributed by atoms with E-state index in [1.54, 1.807) is 25.9 Å². The molecule has 0 bridgehead atoms. The van der Waals surface area contributed by atoms with E-state index in [0.29, 0.717) is 19.5 Å². The Bertz CT molecular complexity index is 204. The Labute approximate surface area is 84.1 Å². The molecule has 0 aromatic heterocycles. The van der Waals surface area contributed by atoms with Gasteiger partial charge in [-0.2, -0.15) is 0 Å². The first-order valence-corrected chi connectivity index (χ1v) is 4.57. The molecule has 82 valence electrons. The van der Waals surface area contributed by atoms with Gasteiger partial charge in [0.05, 0.1) is 12.5 Å². The fraction of sp³-hybridized carbons (Fsp3) is 0.778. The van der Waals surface area contributed by atoms with Crippen LogP contribution in [0.1, 0.15) is 13.3 Å². The fourth-order valence-corrected chi connectivity index (χ4v) is 0.895. The standard InChI is InChI=1S/C9H18N2O3/c1-7(9(13)14)4-5-10-8(12)6-11(2)3/h7H,4-6H2,1-3H3,(H,10,12)(H,13,14). The van der Waals surface area contributed by atoms with Crippen LogP contribution in [-0.2, 0) is 9.59 Å². The van der Waals surface area contributed by atoms with Crippen molar-refractivity contribution in [1.29, 1.82) is 0 Å². The first kappa shape index (κ1) is 12.9. The molecular formula is C9H18N2O3. The number of nitrogens with zero attached hydrogens (tertiary/aromatic N) is 1. The largest absolute Gasteiger partial charge is 0.481 e. The third-order valence-electron chi connectivity index (χ3n) is 1.78. The minimum atomic E-state index is -0.827. The third kappa shape index (κ3) is 6.42. The molecule has 0 aromatic rings. The molecular weight excluding hydrogens is 184 g/mol. The first-order chi connectivity index (χ1) is 6.43. The Morgan fingerprint density at radius 1 is 1.43 bits per heavy atom. The Kier molecular flexibility index (Phi) is 5.87. The van der Waals surface area contributed by atoms with Crippen molar-refractivity contribution in [3.05, 3.63) is 0 Å². The lowest BCUT2D eigenvalue weighted by atomic mass is 10.1. The molecule has 2 N–H and O–H groups in total. The molecule has 14 heavy (non-hydrogen) atoms. The number of carbonyl (C=O) groups excluding carboxylic acids is 1. The lowest BCUT2D eigenvalue weighted by Crippen LogP contribution is -2.34. The van der Waals surface area contributed by atoms with E-state index in [9.17, 15) is 9.59 Å². The Morgan fingerprint density at radius 3 is 2.43 bits per heavy atom. The second-order valence-corrected chi connectivity index (χ2v) is 3.62. The van der Waals surface area contributed by atoms with Gasteiger partial charge in [0.1, 0.15) is 0 Å². The summed E-state index contributed by atoms with van der Waals surface area (Å²) < 4.78 is 0. The van der Waals surface area contributed by atoms with Crippen LogP contribution in [0.2, 0.25) is 0 Å². The van der Waals surface area contributed by atoms with E-state index in [0.717, 1.165) is 0 Å². The molecule has 0 aromatic carbocycles. The van der Waals surface area contributed by atoms with Crippen molar-refractivity contribution >= 4 is 11.9 Å². The third-order valence-corrected chi connectivity index (χ3v) is 1.78. The smallest absolute Gasteiger partial charge is 0.306 e. The molecule has 0 radical (unpaired) electrons. The molecule has 5 nitrogen and oxygen atoms in total. The minimum absolute atomic E-state index is 0.0763. The van der Waals surface area contributed by atoms with Gasteiger partial charge in [-0.05, 0) is 20.5 Å². The number of carbonyl (C=O) groups is 2. The van der Waals surface area contributed by atoms with Crippen molar-refractivity contribution in [2.75, 3.05) is 27.2 Å². The fourth-order valence-electron chi connectivity index (χ4n) is 0.895. The molecule has 1 unspecified atom stereocenters. The highest BCUT2D eigenvalue weighted by Crippen LogP contribution is 1.99. The van der Waals surface area contributed by atoms with E-state index in [1.165, 1.54) is 0 Å². The van der Waals surface area contributed by atoms with E-state index in [2.05, 4.69) is 5.32 Å². The van der Waals surface area contributed by atoms with Crippen molar-refractivity contribution in [1.82, 2.24) is 10.2 Å². The number of rotatable bonds is 6. The molecule has 0 saturated carbocycles. The number of hydrogen-bond acceptors (Lipinski definition) is 3. The van der Waals surface area contributed by atoms with Crippen LogP contribution >= 0.6 is 0 Å². The number of aliphatic carboxylic acids is 1. The molecule has 5 heteroatoms. The van der Waals surface area contributed by atoms with Crippen LogP contribution in [0.4, 0.5) is 0 Å². The normalized spacial score (nSPS) is 12.6. The van der Waals surface area contributed by atoms with Gasteiger partial charge in [-0.1, -0.05) is 6.92 Å². The predicted molar refractivity (Wildman–Crippen MR) is 53.0 cm³/mol. The van der Waals surface area contributed by atoms with E-state index < -0.39 is 11.9 Å². The minimum Gasteiger partial charge on any atom is -0.481 e. The lowest BCUT2D eigenvalue weighted by Gasteiger charge is -2.11. The van der Waals surface area contributed by atoms with Crippen LogP contribution in [0, 0.1) is 5.92 Å². The van der Waals surface area contributed by atoms with Gasteiger partial charge in [-0.3, -0.25) is 9.59 Å². The zero-order chi connectivity index (χ0) is 11.1. The highest BCUT2D eigenvalue weighted by molar-refractivity contribution is 5.78. The molecule has 0 heterocycles. The van der Waals surface area contributed by atoms with Crippen molar-refractivity contribution < 1.29 is 14.7 Å². The van der Waals surface area contributed by atoms with Gasteiger partial charge < -0.3 is 15.3 Å². The molecule has 0 spiro atoms. The summed E-state index contributed by atoms with van der Waals surface area (Å²) in [7, 11) is 3.61. The quantitative estimate of drug-likeness (QED) is 0.624. The molecule has 0 aliphatic carbocycles. The number of likely N-dealkylation sites (N-methyl/N-ethyl adjacent to an activating group) is 1. The van der Waals surface area contributed by atoms with Gasteiger partial charge in [-0.15, -0.1) is 0 Å². The number of amides is 1. The van der Waals surface area contributed by atoms with Crippen LogP contribution in [-0.4, -0.2) is 49.1 Å². The van der Waals surface area contributed by atoms with E-state index >= 15 is 0 Å². The summed E-state index contributed by atoms with van der Waals surface area (Å²) in [6.45, 7) is 2.38. The summed E-state index contributed by atoms with van der Waals surface area (Å²) in [6, 6.07) is 0. The topological polar surface area (TPSA) is 69.6 Å². The Hall–Kier alpha value is -1.10. The average Bonchev–Trinajstić information content (AvgIpc) is 2.02. The second kappa shape index (κ2) is 6.37. The number of hydrogen-bond donors (Lipinski definition) is 2. The van der Waals surface area contributed by atoms with Gasteiger partial charge in [0.25, 0.3) is 0 Å². The van der Waals surface area contributed by atoms with Crippen molar-refractivity contribution in [2.24, 2.45) is 5.92 Å². The van der Waals surface area contributed by atoms with Crippen molar-refractivity contribution in [3.63, 3.8) is 0 Å². The van der Waals surface area contributed by atoms with Gasteiger partial charge in [0, 0.05) is 6.54 Å². The highest BCUT2D eigenvalue weighted by Gasteiger charge is 2.10. The van der Waals surface area contributed by atoms with Crippen molar-refractivity contribution in [2.45, 2.75) is 13.3 Å². The predicted octanol–water partition coefficient (Wildman–Crippen LogP) is -0.225. The van der Waals surface area contributed by atoms with Crippen LogP contribution < -0.4 is 5.32 Å². The van der Waals surface area contributed by atoms with Gasteiger partial charge in [0.2, 0.25) is 5.91 Å². The van der Waals surface area contributed by atoms with Gasteiger partial charge >= 0.3 is 5.97 Å². The molecule has 0 aliphatic heterocycles. The van der Waals surface area contributed by atoms with Crippen LogP contribution in [0.5, 0.6) is 0 Å². The summed E-state index contributed by atoms with van der Waals surface area (Å²) >= 11 is 0. The highest BCUT2D eigenvalue weighted by atomic mass is 16.4. The Morgan fingerprint density at radius 2 is 2.00 bits per heavy atom. The lowest BCUT2D eigenvalue weighted by molar-refractivity contribution is -0.141. The van der Waals surface area contributed by atoms with Gasteiger partial charge in [-0.25, -0.2) is 0 Å². The van der Waals surface area contributed by atoms with Crippen molar-refractivity contribution in [3.8, 4) is 0 Å². The zero-order valence-corrected chi connectivity index (χ0v) is 8.91. The summed E-state index contributed by atoms with van der Waals surface area (Å²) in [5.74, 6) is -1.31. The van der Waals surface area contributed by atoms with E-state index in [-0.39, 0.29) is 5.91 Å². The monoisotopic (exact) mass is 202 g/mol. The van der Waals surface area contributed by atoms with Gasteiger partial charge in [0.15, 0.2) is 0 Å². The van der Waals surface area contributed by atoms with E-state index in [1.807, 2.05) is 0 Å². The van der Waals surface area contributed by atoms with E-state index in [4.69, 9.17) is 5.11 Å². The Balaban J connectivity index is 3.54. The number of carboxylic acids is 1. The summed E-state index contributed by atoms with van der Waals surface area (Å²) in [6.07, 6.45) is 0.467.